The molecule has 2 atom stereocenters. The standard InChI is InChI=1S/C17H24N2O3.ClH/c18-11-15-8-9-16(22-15)17(20)19-12-4-3-7-14(10-12)21-13-5-1-2-6-13;/h3-4,7,10,13,15-16H,1-2,5-6,8-9,11,18H2,(H,19,20);1H/t15-,16+;/m1./s1. The summed E-state index contributed by atoms with van der Waals surface area (Å²) in [5.41, 5.74) is 6.32. The van der Waals surface area contributed by atoms with Gasteiger partial charge >= 0.3 is 0 Å². The van der Waals surface area contributed by atoms with Gasteiger partial charge in [0.05, 0.1) is 12.2 Å². The molecule has 0 aromatic heterocycles. The van der Waals surface area contributed by atoms with E-state index >= 15 is 0 Å². The van der Waals surface area contributed by atoms with Crippen LogP contribution in [0.3, 0.4) is 0 Å². The predicted octanol–water partition coefficient (Wildman–Crippen LogP) is 2.87. The number of hydrogen-bond donors (Lipinski definition) is 2. The van der Waals surface area contributed by atoms with E-state index in [2.05, 4.69) is 5.32 Å². The van der Waals surface area contributed by atoms with Crippen LogP contribution >= 0.6 is 12.4 Å². The Kier molecular flexibility index (Phi) is 6.69. The second-order valence-electron chi connectivity index (χ2n) is 6.10. The number of halogens is 1. The normalized spacial score (nSPS) is 24.2. The summed E-state index contributed by atoms with van der Waals surface area (Å²) in [7, 11) is 0. The van der Waals surface area contributed by atoms with Crippen LogP contribution in [0.25, 0.3) is 0 Å². The monoisotopic (exact) mass is 340 g/mol. The fourth-order valence-electron chi connectivity index (χ4n) is 3.14. The zero-order valence-corrected chi connectivity index (χ0v) is 14.0. The first kappa shape index (κ1) is 18.0. The van der Waals surface area contributed by atoms with Crippen molar-refractivity contribution >= 4 is 24.0 Å². The molecule has 1 saturated carbocycles. The fourth-order valence-corrected chi connectivity index (χ4v) is 3.14. The first-order valence-electron chi connectivity index (χ1n) is 8.17. The summed E-state index contributed by atoms with van der Waals surface area (Å²) >= 11 is 0. The summed E-state index contributed by atoms with van der Waals surface area (Å²) in [6.45, 7) is 0.467. The van der Waals surface area contributed by atoms with E-state index in [0.29, 0.717) is 12.6 Å². The maximum absolute atomic E-state index is 12.2. The van der Waals surface area contributed by atoms with E-state index in [1.807, 2.05) is 24.3 Å². The Bertz CT molecular complexity index is 520. The minimum Gasteiger partial charge on any atom is -0.490 e. The van der Waals surface area contributed by atoms with Gasteiger partial charge < -0.3 is 20.5 Å². The minimum absolute atomic E-state index is 0. The maximum atomic E-state index is 12.2. The van der Waals surface area contributed by atoms with Crippen LogP contribution in [-0.4, -0.2) is 30.8 Å². The molecule has 2 aliphatic rings. The van der Waals surface area contributed by atoms with Crippen molar-refractivity contribution in [3.05, 3.63) is 24.3 Å². The molecule has 3 N–H and O–H groups in total. The number of ether oxygens (including phenoxy) is 2. The molecule has 5 nitrogen and oxygen atoms in total. The molecule has 0 spiro atoms. The van der Waals surface area contributed by atoms with Gasteiger partial charge in [0.1, 0.15) is 11.9 Å². The van der Waals surface area contributed by atoms with Gasteiger partial charge in [0.2, 0.25) is 0 Å². The van der Waals surface area contributed by atoms with Gasteiger partial charge in [0.15, 0.2) is 0 Å². The number of nitrogens with two attached hydrogens (primary N) is 1. The van der Waals surface area contributed by atoms with Gasteiger partial charge in [-0.2, -0.15) is 0 Å². The van der Waals surface area contributed by atoms with Crippen LogP contribution in [-0.2, 0) is 9.53 Å². The minimum atomic E-state index is -0.395. The van der Waals surface area contributed by atoms with Crippen LogP contribution in [0.1, 0.15) is 38.5 Å². The Labute approximate surface area is 143 Å². The van der Waals surface area contributed by atoms with Gasteiger partial charge in [-0.15, -0.1) is 12.4 Å². The lowest BCUT2D eigenvalue weighted by molar-refractivity contribution is -0.126. The highest BCUT2D eigenvalue weighted by molar-refractivity contribution is 5.94. The van der Waals surface area contributed by atoms with Crippen molar-refractivity contribution in [2.45, 2.75) is 56.8 Å². The largest absolute Gasteiger partial charge is 0.490 e. The van der Waals surface area contributed by atoms with Crippen molar-refractivity contribution < 1.29 is 14.3 Å². The first-order valence-corrected chi connectivity index (χ1v) is 8.17. The highest BCUT2D eigenvalue weighted by Gasteiger charge is 2.29. The summed E-state index contributed by atoms with van der Waals surface area (Å²) < 4.78 is 11.6. The number of carbonyl (C=O) groups excluding carboxylic acids is 1. The highest BCUT2D eigenvalue weighted by atomic mass is 35.5. The van der Waals surface area contributed by atoms with Crippen LogP contribution < -0.4 is 15.8 Å². The molecule has 0 radical (unpaired) electrons. The molecule has 1 aliphatic carbocycles. The van der Waals surface area contributed by atoms with Crippen molar-refractivity contribution in [3.63, 3.8) is 0 Å². The van der Waals surface area contributed by atoms with Gasteiger partial charge in [-0.3, -0.25) is 4.79 Å². The molecule has 3 rings (SSSR count). The third-order valence-electron chi connectivity index (χ3n) is 4.37. The van der Waals surface area contributed by atoms with E-state index in [1.165, 1.54) is 12.8 Å². The average Bonchev–Trinajstić information content (AvgIpc) is 3.18. The zero-order valence-electron chi connectivity index (χ0n) is 13.2. The molecule has 6 heteroatoms. The molecule has 1 saturated heterocycles. The van der Waals surface area contributed by atoms with Gasteiger partial charge in [0, 0.05) is 18.3 Å². The van der Waals surface area contributed by atoms with Crippen molar-refractivity contribution in [1.29, 1.82) is 0 Å². The number of carbonyl (C=O) groups is 1. The summed E-state index contributed by atoms with van der Waals surface area (Å²) in [6, 6.07) is 7.59. The Morgan fingerprint density at radius 2 is 2.04 bits per heavy atom. The summed E-state index contributed by atoms with van der Waals surface area (Å²) in [5, 5.41) is 2.91. The average molecular weight is 341 g/mol. The van der Waals surface area contributed by atoms with Crippen LogP contribution in [0.4, 0.5) is 5.69 Å². The Morgan fingerprint density at radius 1 is 1.26 bits per heavy atom. The molecule has 0 bridgehead atoms. The number of anilines is 1. The topological polar surface area (TPSA) is 73.6 Å². The Hall–Kier alpha value is -1.30. The lowest BCUT2D eigenvalue weighted by atomic mass is 10.2. The third-order valence-corrected chi connectivity index (χ3v) is 4.37. The van der Waals surface area contributed by atoms with E-state index in [4.69, 9.17) is 15.2 Å². The second kappa shape index (κ2) is 8.52. The van der Waals surface area contributed by atoms with Gasteiger partial charge in [-0.05, 0) is 50.7 Å². The Balaban J connectivity index is 0.00000192. The quantitative estimate of drug-likeness (QED) is 0.864. The number of hydrogen-bond acceptors (Lipinski definition) is 4. The van der Waals surface area contributed by atoms with Crippen molar-refractivity contribution in [2.75, 3.05) is 11.9 Å². The summed E-state index contributed by atoms with van der Waals surface area (Å²) in [6.07, 6.45) is 6.21. The number of amides is 1. The maximum Gasteiger partial charge on any atom is 0.253 e. The molecular weight excluding hydrogens is 316 g/mol. The molecule has 1 aliphatic heterocycles. The van der Waals surface area contributed by atoms with E-state index in [-0.39, 0.29) is 24.4 Å². The number of benzene rings is 1. The summed E-state index contributed by atoms with van der Waals surface area (Å²) in [5.74, 6) is 0.714. The van der Waals surface area contributed by atoms with Crippen molar-refractivity contribution in [2.24, 2.45) is 5.73 Å². The number of rotatable bonds is 5. The lowest BCUT2D eigenvalue weighted by Crippen LogP contribution is -2.29. The third kappa shape index (κ3) is 4.83. The zero-order chi connectivity index (χ0) is 15.4. The van der Waals surface area contributed by atoms with E-state index in [1.54, 1.807) is 0 Å². The van der Waals surface area contributed by atoms with Crippen molar-refractivity contribution in [3.8, 4) is 5.75 Å². The number of nitrogens with one attached hydrogen (secondary N) is 1. The van der Waals surface area contributed by atoms with Crippen LogP contribution in [0, 0.1) is 0 Å². The molecule has 1 aromatic rings. The first-order chi connectivity index (χ1) is 10.7. The van der Waals surface area contributed by atoms with Gasteiger partial charge in [-0.1, -0.05) is 6.07 Å². The van der Waals surface area contributed by atoms with Crippen LogP contribution in [0.15, 0.2) is 24.3 Å². The Morgan fingerprint density at radius 3 is 2.74 bits per heavy atom. The molecule has 1 amide bonds. The van der Waals surface area contributed by atoms with E-state index in [0.717, 1.165) is 37.1 Å². The molecule has 23 heavy (non-hydrogen) atoms. The molecule has 2 fully saturated rings. The van der Waals surface area contributed by atoms with Gasteiger partial charge in [-0.25, -0.2) is 0 Å². The second-order valence-corrected chi connectivity index (χ2v) is 6.10. The SMILES string of the molecule is Cl.NC[C@H]1CC[C@@H](C(=O)Nc2cccc(OC3CCCC3)c2)O1. The van der Waals surface area contributed by atoms with E-state index < -0.39 is 6.10 Å². The molecule has 128 valence electrons. The smallest absolute Gasteiger partial charge is 0.253 e. The van der Waals surface area contributed by atoms with Gasteiger partial charge in [0.25, 0.3) is 5.91 Å². The van der Waals surface area contributed by atoms with Crippen LogP contribution in [0.5, 0.6) is 5.75 Å². The lowest BCUT2D eigenvalue weighted by Gasteiger charge is -2.15. The fraction of sp³-hybridized carbons (Fsp3) is 0.588. The molecular formula is C17H25ClN2O3. The molecule has 1 heterocycles. The van der Waals surface area contributed by atoms with E-state index in [9.17, 15) is 4.79 Å². The van der Waals surface area contributed by atoms with Crippen LogP contribution in [0.2, 0.25) is 0 Å². The predicted molar refractivity (Wildman–Crippen MR) is 92.2 cm³/mol. The molecule has 0 unspecified atom stereocenters. The summed E-state index contributed by atoms with van der Waals surface area (Å²) in [4.78, 5) is 12.2. The van der Waals surface area contributed by atoms with Crippen molar-refractivity contribution in [1.82, 2.24) is 0 Å². The molecule has 1 aromatic carbocycles. The highest BCUT2D eigenvalue weighted by Crippen LogP contribution is 2.26.